The third kappa shape index (κ3) is 8.51. The number of aliphatic hydroxyl groups is 1. The Balaban J connectivity index is 3.46. The second kappa shape index (κ2) is 9.44. The number of carbonyl (C=O) groups excluding carboxylic acids is 2. The zero-order valence-electron chi connectivity index (χ0n) is 9.36. The first-order valence-electron chi connectivity index (χ1n) is 5.10. The molecule has 0 spiro atoms. The van der Waals surface area contributed by atoms with Crippen LogP contribution in [0.2, 0.25) is 0 Å². The van der Waals surface area contributed by atoms with Gasteiger partial charge >= 0.3 is 6.03 Å². The van der Waals surface area contributed by atoms with Crippen LogP contribution in [0.1, 0.15) is 13.3 Å². The van der Waals surface area contributed by atoms with Gasteiger partial charge in [0, 0.05) is 18.9 Å². The smallest absolute Gasteiger partial charge is 0.318 e. The fraction of sp³-hybridized carbons (Fsp3) is 0.778. The Labute approximate surface area is 99.3 Å². The Morgan fingerprint density at radius 3 is 2.69 bits per heavy atom. The zero-order chi connectivity index (χ0) is 12.4. The van der Waals surface area contributed by atoms with Crippen molar-refractivity contribution in [1.82, 2.24) is 10.6 Å². The van der Waals surface area contributed by atoms with E-state index in [4.69, 9.17) is 10.8 Å². The van der Waals surface area contributed by atoms with Gasteiger partial charge in [-0.25, -0.2) is 4.79 Å². The highest BCUT2D eigenvalue weighted by Crippen LogP contribution is 2.00. The van der Waals surface area contributed by atoms with Crippen molar-refractivity contribution in [3.8, 4) is 0 Å². The molecular formula is C9H19N3O3S. The second-order valence-corrected chi connectivity index (χ2v) is 4.44. The van der Waals surface area contributed by atoms with Crippen molar-refractivity contribution < 1.29 is 14.7 Å². The van der Waals surface area contributed by atoms with Crippen LogP contribution in [0.5, 0.6) is 0 Å². The summed E-state index contributed by atoms with van der Waals surface area (Å²) in [7, 11) is 0. The van der Waals surface area contributed by atoms with Gasteiger partial charge in [-0.2, -0.15) is 11.8 Å². The number of hydrogen-bond acceptors (Lipinski definition) is 5. The molecule has 0 aromatic heterocycles. The highest BCUT2D eigenvalue weighted by Gasteiger charge is 2.12. The normalized spacial score (nSPS) is 12.1. The largest absolute Gasteiger partial charge is 0.396 e. The molecule has 1 unspecified atom stereocenters. The number of nitrogens with one attached hydrogen (secondary N) is 2. The van der Waals surface area contributed by atoms with E-state index in [-0.39, 0.29) is 6.61 Å². The number of rotatable bonds is 8. The van der Waals surface area contributed by atoms with E-state index in [0.717, 1.165) is 17.9 Å². The second-order valence-electron chi connectivity index (χ2n) is 3.22. The number of primary amides is 1. The minimum absolute atomic E-state index is 0.206. The van der Waals surface area contributed by atoms with Crippen molar-refractivity contribution in [2.24, 2.45) is 5.73 Å². The molecule has 94 valence electrons. The number of nitrogens with two attached hydrogens (primary N) is 1. The summed E-state index contributed by atoms with van der Waals surface area (Å²) in [5, 5.41) is 13.5. The number of urea groups is 1. The van der Waals surface area contributed by atoms with Crippen LogP contribution in [0, 0.1) is 0 Å². The van der Waals surface area contributed by atoms with E-state index in [2.05, 4.69) is 5.32 Å². The lowest BCUT2D eigenvalue weighted by molar-refractivity contribution is -0.121. The fourth-order valence-electron chi connectivity index (χ4n) is 0.939. The monoisotopic (exact) mass is 249 g/mol. The van der Waals surface area contributed by atoms with Crippen LogP contribution in [0.4, 0.5) is 4.79 Å². The molecule has 0 fully saturated rings. The first-order chi connectivity index (χ1) is 7.57. The maximum atomic E-state index is 11.2. The lowest BCUT2D eigenvalue weighted by atomic mass is 10.3. The van der Waals surface area contributed by atoms with Crippen LogP contribution in [0.25, 0.3) is 0 Å². The number of thioether (sulfide) groups is 1. The quantitative estimate of drug-likeness (QED) is 0.425. The van der Waals surface area contributed by atoms with Crippen LogP contribution >= 0.6 is 11.8 Å². The molecule has 7 heteroatoms. The lowest BCUT2D eigenvalue weighted by Gasteiger charge is -2.11. The van der Waals surface area contributed by atoms with E-state index in [0.29, 0.717) is 6.54 Å². The van der Waals surface area contributed by atoms with Gasteiger partial charge in [0.15, 0.2) is 0 Å². The molecule has 0 aromatic rings. The predicted molar refractivity (Wildman–Crippen MR) is 64.2 cm³/mol. The third-order valence-electron chi connectivity index (χ3n) is 1.78. The van der Waals surface area contributed by atoms with Gasteiger partial charge in [0.2, 0.25) is 5.91 Å². The van der Waals surface area contributed by atoms with Crippen molar-refractivity contribution in [1.29, 1.82) is 0 Å². The van der Waals surface area contributed by atoms with Crippen LogP contribution in [0.3, 0.4) is 0 Å². The molecular weight excluding hydrogens is 230 g/mol. The predicted octanol–water partition coefficient (Wildman–Crippen LogP) is -0.725. The summed E-state index contributed by atoms with van der Waals surface area (Å²) in [4.78, 5) is 21.6. The topological polar surface area (TPSA) is 104 Å². The number of imide groups is 1. The van der Waals surface area contributed by atoms with E-state index < -0.39 is 18.0 Å². The summed E-state index contributed by atoms with van der Waals surface area (Å²) in [6.45, 7) is 2.54. The highest BCUT2D eigenvalue weighted by atomic mass is 32.2. The average Bonchev–Trinajstić information content (AvgIpc) is 2.21. The molecule has 0 saturated carbocycles. The molecule has 0 aliphatic rings. The van der Waals surface area contributed by atoms with Crippen LogP contribution in [-0.2, 0) is 4.79 Å². The van der Waals surface area contributed by atoms with Gasteiger partial charge in [-0.1, -0.05) is 0 Å². The van der Waals surface area contributed by atoms with Crippen molar-refractivity contribution in [2.45, 2.75) is 19.4 Å². The molecule has 0 heterocycles. The maximum absolute atomic E-state index is 11.2. The Bertz CT molecular complexity index is 226. The van der Waals surface area contributed by atoms with Crippen molar-refractivity contribution in [2.75, 3.05) is 24.7 Å². The molecule has 0 rings (SSSR count). The van der Waals surface area contributed by atoms with Gasteiger partial charge < -0.3 is 16.2 Å². The van der Waals surface area contributed by atoms with Crippen LogP contribution in [-0.4, -0.2) is 47.7 Å². The minimum Gasteiger partial charge on any atom is -0.396 e. The van der Waals surface area contributed by atoms with Crippen LogP contribution in [0.15, 0.2) is 0 Å². The fourth-order valence-corrected chi connectivity index (χ4v) is 1.74. The number of carbonyl (C=O) groups is 2. The maximum Gasteiger partial charge on any atom is 0.318 e. The molecule has 0 aliphatic carbocycles. The van der Waals surface area contributed by atoms with E-state index in [1.807, 2.05) is 5.32 Å². The molecule has 16 heavy (non-hydrogen) atoms. The summed E-state index contributed by atoms with van der Waals surface area (Å²) < 4.78 is 0. The van der Waals surface area contributed by atoms with Gasteiger partial charge in [-0.05, 0) is 19.1 Å². The summed E-state index contributed by atoms with van der Waals surface area (Å²) in [5.41, 5.74) is 4.81. The van der Waals surface area contributed by atoms with Gasteiger partial charge in [0.05, 0.1) is 6.04 Å². The Morgan fingerprint density at radius 2 is 2.12 bits per heavy atom. The molecule has 6 nitrogen and oxygen atoms in total. The number of amides is 3. The summed E-state index contributed by atoms with van der Waals surface area (Å²) in [6, 6.07) is -1.28. The average molecular weight is 249 g/mol. The number of aliphatic hydroxyl groups excluding tert-OH is 1. The molecule has 0 aliphatic heterocycles. The first-order valence-corrected chi connectivity index (χ1v) is 6.25. The minimum atomic E-state index is -0.837. The van der Waals surface area contributed by atoms with Crippen LogP contribution < -0.4 is 16.4 Å². The van der Waals surface area contributed by atoms with E-state index in [9.17, 15) is 9.59 Å². The van der Waals surface area contributed by atoms with E-state index >= 15 is 0 Å². The SMILES string of the molecule is CC(NCCSCCCO)C(=O)NC(N)=O. The van der Waals surface area contributed by atoms with Crippen molar-refractivity contribution >= 4 is 23.7 Å². The molecule has 0 radical (unpaired) electrons. The lowest BCUT2D eigenvalue weighted by Crippen LogP contribution is -2.46. The molecule has 3 amide bonds. The van der Waals surface area contributed by atoms with Crippen molar-refractivity contribution in [3.63, 3.8) is 0 Å². The molecule has 1 atom stereocenters. The standard InChI is InChI=1S/C9H19N3O3S/c1-7(8(14)12-9(10)15)11-3-6-16-5-2-4-13/h7,11,13H,2-6H2,1H3,(H3,10,12,14,15). The van der Waals surface area contributed by atoms with Gasteiger partial charge in [0.1, 0.15) is 0 Å². The van der Waals surface area contributed by atoms with Gasteiger partial charge in [-0.3, -0.25) is 10.1 Å². The molecule has 5 N–H and O–H groups in total. The highest BCUT2D eigenvalue weighted by molar-refractivity contribution is 7.99. The zero-order valence-corrected chi connectivity index (χ0v) is 10.2. The molecule has 0 bridgehead atoms. The molecule has 0 saturated heterocycles. The summed E-state index contributed by atoms with van der Waals surface area (Å²) in [5.74, 6) is 1.33. The third-order valence-corrected chi connectivity index (χ3v) is 2.85. The first kappa shape index (κ1) is 15.2. The Morgan fingerprint density at radius 1 is 1.44 bits per heavy atom. The Hall–Kier alpha value is -0.790. The summed E-state index contributed by atoms with van der Waals surface area (Å²) >= 11 is 1.70. The van der Waals surface area contributed by atoms with E-state index in [1.165, 1.54) is 0 Å². The van der Waals surface area contributed by atoms with Gasteiger partial charge in [0.25, 0.3) is 0 Å². The number of hydrogen-bond donors (Lipinski definition) is 4. The van der Waals surface area contributed by atoms with E-state index in [1.54, 1.807) is 18.7 Å². The van der Waals surface area contributed by atoms with Crippen molar-refractivity contribution in [3.05, 3.63) is 0 Å². The Kier molecular flexibility index (Phi) is 8.97. The molecule has 0 aromatic carbocycles. The summed E-state index contributed by atoms with van der Waals surface area (Å²) in [6.07, 6.45) is 0.780. The van der Waals surface area contributed by atoms with Gasteiger partial charge in [-0.15, -0.1) is 0 Å².